The predicted molar refractivity (Wildman–Crippen MR) is 118 cm³/mol. The first-order chi connectivity index (χ1) is 15.8. The average Bonchev–Trinajstić information content (AvgIpc) is 2.75. The van der Waals surface area contributed by atoms with Gasteiger partial charge in [-0.2, -0.15) is 18.3 Å². The molecule has 0 atom stereocenters. The van der Waals surface area contributed by atoms with Gasteiger partial charge in [0, 0.05) is 0 Å². The maximum absolute atomic E-state index is 13.0. The summed E-state index contributed by atoms with van der Waals surface area (Å²) < 4.78 is 73.5. The number of nitrogens with zero attached hydrogens (tertiary/aromatic N) is 2. The molecule has 9 nitrogen and oxygen atoms in total. The second kappa shape index (κ2) is 11.2. The third kappa shape index (κ3) is 7.92. The second-order valence-electron chi connectivity index (χ2n) is 6.66. The van der Waals surface area contributed by atoms with E-state index in [0.717, 1.165) is 12.3 Å². The van der Waals surface area contributed by atoms with E-state index in [9.17, 15) is 31.2 Å². The Labute approximate surface area is 198 Å². The third-order valence-electron chi connectivity index (χ3n) is 4.10. The van der Waals surface area contributed by atoms with Crippen LogP contribution < -0.4 is 14.5 Å². The molecule has 0 fully saturated rings. The van der Waals surface area contributed by atoms with Crippen LogP contribution in [0.4, 0.5) is 18.9 Å². The van der Waals surface area contributed by atoms with E-state index in [-0.39, 0.29) is 11.6 Å². The van der Waals surface area contributed by atoms with Gasteiger partial charge >= 0.3 is 12.1 Å². The van der Waals surface area contributed by atoms with Crippen LogP contribution in [0.1, 0.15) is 11.1 Å². The van der Waals surface area contributed by atoms with Crippen LogP contribution >= 0.6 is 11.6 Å². The molecule has 14 heteroatoms. The molecule has 0 bridgehead atoms. The number of alkyl halides is 3. The predicted octanol–water partition coefficient (Wildman–Crippen LogP) is 2.83. The molecular weight excluding hydrogens is 503 g/mol. The number of hydrogen-bond donors (Lipinski definition) is 1. The molecule has 0 aromatic heterocycles. The van der Waals surface area contributed by atoms with Gasteiger partial charge in [0.1, 0.15) is 12.3 Å². The van der Waals surface area contributed by atoms with Gasteiger partial charge in [0.05, 0.1) is 35.9 Å². The monoisotopic (exact) mass is 521 g/mol. The van der Waals surface area contributed by atoms with Crippen molar-refractivity contribution in [1.29, 1.82) is 0 Å². The first-order valence-corrected chi connectivity index (χ1v) is 11.5. The van der Waals surface area contributed by atoms with Crippen LogP contribution in [0.15, 0.2) is 47.6 Å². The summed E-state index contributed by atoms with van der Waals surface area (Å²) in [4.78, 5) is 23.3. The first-order valence-electron chi connectivity index (χ1n) is 9.27. The zero-order valence-electron chi connectivity index (χ0n) is 17.8. The van der Waals surface area contributed by atoms with Crippen molar-refractivity contribution in [3.8, 4) is 5.75 Å². The summed E-state index contributed by atoms with van der Waals surface area (Å²) in [5.74, 6) is -1.09. The first kappa shape index (κ1) is 26.9. The average molecular weight is 522 g/mol. The lowest BCUT2D eigenvalue weighted by molar-refractivity contribution is -0.143. The lowest BCUT2D eigenvalue weighted by Crippen LogP contribution is -2.39. The highest BCUT2D eigenvalue weighted by Crippen LogP contribution is 2.36. The van der Waals surface area contributed by atoms with Crippen molar-refractivity contribution < 1.29 is 40.7 Å². The van der Waals surface area contributed by atoms with Gasteiger partial charge in [0.15, 0.2) is 6.61 Å². The number of amides is 1. The summed E-state index contributed by atoms with van der Waals surface area (Å²) in [6.45, 7) is -1.13. The number of sulfonamides is 1. The molecule has 0 saturated heterocycles. The molecule has 0 aliphatic heterocycles. The molecule has 1 N–H and O–H groups in total. The molecule has 1 amide bonds. The van der Waals surface area contributed by atoms with Crippen molar-refractivity contribution in [2.75, 3.05) is 30.8 Å². The minimum Gasteiger partial charge on any atom is -0.482 e. The molecule has 0 saturated carbocycles. The van der Waals surface area contributed by atoms with E-state index in [1.165, 1.54) is 25.5 Å². The third-order valence-corrected chi connectivity index (χ3v) is 5.54. The molecule has 0 unspecified atom stereocenters. The molecule has 2 rings (SSSR count). The molecule has 0 heterocycles. The number of anilines is 1. The number of carbonyl (C=O) groups excluding carboxylic acids is 2. The number of rotatable bonds is 9. The fourth-order valence-corrected chi connectivity index (χ4v) is 3.59. The Balaban J connectivity index is 2.08. The van der Waals surface area contributed by atoms with Crippen LogP contribution in [-0.4, -0.2) is 53.0 Å². The molecule has 2 aromatic rings. The summed E-state index contributed by atoms with van der Waals surface area (Å²) in [5, 5.41) is 3.41. The van der Waals surface area contributed by atoms with Crippen molar-refractivity contribution in [2.24, 2.45) is 5.10 Å². The van der Waals surface area contributed by atoms with Gasteiger partial charge in [0.2, 0.25) is 10.0 Å². The van der Waals surface area contributed by atoms with Crippen LogP contribution in [0.5, 0.6) is 5.75 Å². The molecule has 184 valence electrons. The number of hydrogen-bond acceptors (Lipinski definition) is 7. The summed E-state index contributed by atoms with van der Waals surface area (Å²) >= 11 is 5.91. The Morgan fingerprint density at radius 1 is 1.18 bits per heavy atom. The largest absolute Gasteiger partial charge is 0.482 e. The van der Waals surface area contributed by atoms with Crippen LogP contribution in [0.25, 0.3) is 0 Å². The quantitative estimate of drug-likeness (QED) is 0.308. The SMILES string of the molecule is COC(=O)COc1ccc(/C=N\NC(=O)CN(c2cc(C(F)(F)F)ccc2Cl)S(C)(=O)=O)cc1. The second-order valence-corrected chi connectivity index (χ2v) is 8.97. The number of esters is 1. The minimum absolute atomic E-state index is 0.271. The highest BCUT2D eigenvalue weighted by Gasteiger charge is 2.33. The Bertz CT molecular complexity index is 1170. The van der Waals surface area contributed by atoms with Crippen LogP contribution in [0.2, 0.25) is 5.02 Å². The molecule has 34 heavy (non-hydrogen) atoms. The Morgan fingerprint density at radius 2 is 1.82 bits per heavy atom. The number of hydrazone groups is 1. The summed E-state index contributed by atoms with van der Waals surface area (Å²) in [6, 6.07) is 8.33. The highest BCUT2D eigenvalue weighted by molar-refractivity contribution is 7.92. The van der Waals surface area contributed by atoms with E-state index in [2.05, 4.69) is 15.3 Å². The molecule has 0 aliphatic rings. The van der Waals surface area contributed by atoms with Crippen molar-refractivity contribution in [3.05, 3.63) is 58.6 Å². The minimum atomic E-state index is -4.74. The number of halogens is 4. The van der Waals surface area contributed by atoms with Gasteiger partial charge < -0.3 is 9.47 Å². The topological polar surface area (TPSA) is 114 Å². The zero-order chi connectivity index (χ0) is 25.5. The molecular formula is C20H19ClF3N3O6S. The number of ether oxygens (including phenoxy) is 2. The number of benzene rings is 2. The molecule has 0 aliphatic carbocycles. The van der Waals surface area contributed by atoms with Gasteiger partial charge in [-0.3, -0.25) is 9.10 Å². The fraction of sp³-hybridized carbons (Fsp3) is 0.250. The number of methoxy groups -OCH3 is 1. The fourth-order valence-electron chi connectivity index (χ4n) is 2.46. The normalized spacial score (nSPS) is 11.8. The van der Waals surface area contributed by atoms with Gasteiger partial charge in [-0.05, 0) is 48.0 Å². The van der Waals surface area contributed by atoms with E-state index in [1.807, 2.05) is 0 Å². The van der Waals surface area contributed by atoms with E-state index in [1.54, 1.807) is 12.1 Å². The summed E-state index contributed by atoms with van der Waals surface area (Å²) in [6.07, 6.45) is -2.77. The molecule has 0 radical (unpaired) electrons. The number of nitrogens with one attached hydrogen (secondary N) is 1. The lowest BCUT2D eigenvalue weighted by atomic mass is 10.2. The lowest BCUT2D eigenvalue weighted by Gasteiger charge is -2.23. The van der Waals surface area contributed by atoms with Gasteiger partial charge in [0.25, 0.3) is 5.91 Å². The van der Waals surface area contributed by atoms with Crippen molar-refractivity contribution in [2.45, 2.75) is 6.18 Å². The van der Waals surface area contributed by atoms with Crippen molar-refractivity contribution >= 4 is 45.4 Å². The summed E-state index contributed by atoms with van der Waals surface area (Å²) in [5.41, 5.74) is 0.991. The Hall–Kier alpha value is -3.32. The van der Waals surface area contributed by atoms with Gasteiger partial charge in [-0.1, -0.05) is 11.6 Å². The van der Waals surface area contributed by atoms with E-state index >= 15 is 0 Å². The molecule has 2 aromatic carbocycles. The van der Waals surface area contributed by atoms with E-state index in [0.29, 0.717) is 27.8 Å². The van der Waals surface area contributed by atoms with Crippen LogP contribution in [-0.2, 0) is 30.5 Å². The number of carbonyl (C=O) groups is 2. The maximum atomic E-state index is 13.0. The van der Waals surface area contributed by atoms with Crippen molar-refractivity contribution in [1.82, 2.24) is 5.43 Å². The van der Waals surface area contributed by atoms with E-state index < -0.39 is 45.9 Å². The highest BCUT2D eigenvalue weighted by atomic mass is 35.5. The van der Waals surface area contributed by atoms with Gasteiger partial charge in [-0.15, -0.1) is 0 Å². The Morgan fingerprint density at radius 3 is 2.38 bits per heavy atom. The van der Waals surface area contributed by atoms with Gasteiger partial charge in [-0.25, -0.2) is 18.6 Å². The molecule has 0 spiro atoms. The Kier molecular flexibility index (Phi) is 8.87. The smallest absolute Gasteiger partial charge is 0.416 e. The maximum Gasteiger partial charge on any atom is 0.416 e. The summed E-state index contributed by atoms with van der Waals surface area (Å²) in [7, 11) is -2.95. The standard InChI is InChI=1S/C20H19ClF3N3O6S/c1-32-19(29)12-33-15-6-3-13(4-7-15)10-25-26-18(28)11-27(34(2,30)31)17-9-14(20(22,23)24)5-8-16(17)21/h3-10H,11-12H2,1-2H3,(H,26,28)/b25-10-. The van der Waals surface area contributed by atoms with Crippen LogP contribution in [0.3, 0.4) is 0 Å². The van der Waals surface area contributed by atoms with Crippen LogP contribution in [0, 0.1) is 0 Å². The zero-order valence-corrected chi connectivity index (χ0v) is 19.4. The van der Waals surface area contributed by atoms with E-state index in [4.69, 9.17) is 16.3 Å². The van der Waals surface area contributed by atoms with Crippen molar-refractivity contribution in [3.63, 3.8) is 0 Å².